The summed E-state index contributed by atoms with van der Waals surface area (Å²) in [5, 5.41) is 0. The monoisotopic (exact) mass is 212 g/mol. The number of hydrogen-bond acceptors (Lipinski definition) is 3. The Morgan fingerprint density at radius 3 is 2.33 bits per heavy atom. The summed E-state index contributed by atoms with van der Waals surface area (Å²) in [5.41, 5.74) is 0.0801. The van der Waals surface area contributed by atoms with Gasteiger partial charge in [0, 0.05) is 5.92 Å². The maximum Gasteiger partial charge on any atom is 0.312 e. The Labute approximate surface area is 91.1 Å². The molecule has 1 saturated heterocycles. The first-order chi connectivity index (χ1) is 6.85. The van der Waals surface area contributed by atoms with Crippen LogP contribution in [0.3, 0.4) is 0 Å². The number of carbonyl (C=O) groups is 1. The summed E-state index contributed by atoms with van der Waals surface area (Å²) in [4.78, 5) is 11.5. The third-order valence-corrected chi connectivity index (χ3v) is 3.98. The van der Waals surface area contributed by atoms with Gasteiger partial charge in [-0.1, -0.05) is 27.7 Å². The molecule has 0 aromatic carbocycles. The van der Waals surface area contributed by atoms with E-state index in [-0.39, 0.29) is 35.6 Å². The summed E-state index contributed by atoms with van der Waals surface area (Å²) in [6.45, 7) is 10.5. The predicted molar refractivity (Wildman–Crippen MR) is 56.0 cm³/mol. The van der Waals surface area contributed by atoms with E-state index in [0.29, 0.717) is 5.92 Å². The summed E-state index contributed by atoms with van der Waals surface area (Å²) in [7, 11) is 0. The summed E-state index contributed by atoms with van der Waals surface area (Å²) >= 11 is 0. The summed E-state index contributed by atoms with van der Waals surface area (Å²) in [5.74, 6) is 0.712. The van der Waals surface area contributed by atoms with E-state index in [4.69, 9.17) is 9.47 Å². The van der Waals surface area contributed by atoms with Crippen molar-refractivity contribution in [1.82, 2.24) is 0 Å². The molecule has 0 unspecified atom stereocenters. The quantitative estimate of drug-likeness (QED) is 0.673. The van der Waals surface area contributed by atoms with Gasteiger partial charge in [-0.25, -0.2) is 0 Å². The van der Waals surface area contributed by atoms with Gasteiger partial charge in [0.2, 0.25) is 6.29 Å². The van der Waals surface area contributed by atoms with Crippen LogP contribution in [0.2, 0.25) is 0 Å². The topological polar surface area (TPSA) is 35.5 Å². The van der Waals surface area contributed by atoms with E-state index >= 15 is 0 Å². The van der Waals surface area contributed by atoms with Gasteiger partial charge in [-0.15, -0.1) is 0 Å². The fourth-order valence-electron chi connectivity index (χ4n) is 2.38. The molecule has 1 saturated carbocycles. The van der Waals surface area contributed by atoms with Crippen LogP contribution in [0.15, 0.2) is 0 Å². The normalized spacial score (nSPS) is 38.8. The second-order valence-corrected chi connectivity index (χ2v) is 5.72. The Hall–Kier alpha value is -0.570. The van der Waals surface area contributed by atoms with Gasteiger partial charge in [0.05, 0.1) is 12.0 Å². The van der Waals surface area contributed by atoms with E-state index in [2.05, 4.69) is 27.7 Å². The first-order valence-electron chi connectivity index (χ1n) is 5.71. The highest BCUT2D eigenvalue weighted by molar-refractivity contribution is 5.80. The molecule has 2 aliphatic rings. The number of rotatable bonds is 3. The van der Waals surface area contributed by atoms with E-state index in [0.717, 1.165) is 0 Å². The highest BCUT2D eigenvalue weighted by atomic mass is 16.7. The lowest BCUT2D eigenvalue weighted by Crippen LogP contribution is -2.29. The van der Waals surface area contributed by atoms with Crippen LogP contribution in [-0.2, 0) is 14.3 Å². The second kappa shape index (κ2) is 3.21. The molecule has 4 atom stereocenters. The van der Waals surface area contributed by atoms with Crippen LogP contribution >= 0.6 is 0 Å². The zero-order valence-corrected chi connectivity index (χ0v) is 10.1. The van der Waals surface area contributed by atoms with Crippen molar-refractivity contribution in [3.63, 3.8) is 0 Å². The number of esters is 1. The van der Waals surface area contributed by atoms with Crippen LogP contribution < -0.4 is 0 Å². The molecule has 3 nitrogen and oxygen atoms in total. The molecule has 0 aromatic rings. The number of cyclic esters (lactones) is 1. The van der Waals surface area contributed by atoms with Gasteiger partial charge >= 0.3 is 5.97 Å². The van der Waals surface area contributed by atoms with Gasteiger partial charge < -0.3 is 9.47 Å². The van der Waals surface area contributed by atoms with Gasteiger partial charge in [0.25, 0.3) is 0 Å². The Morgan fingerprint density at radius 2 is 1.93 bits per heavy atom. The lowest BCUT2D eigenvalue weighted by molar-refractivity contribution is -0.189. The summed E-state index contributed by atoms with van der Waals surface area (Å²) in [6, 6.07) is 0. The minimum absolute atomic E-state index is 0.0712. The maximum atomic E-state index is 11.5. The molecule has 86 valence electrons. The molecule has 1 aliphatic carbocycles. The molecule has 0 amide bonds. The lowest BCUT2D eigenvalue weighted by Gasteiger charge is -2.24. The van der Waals surface area contributed by atoms with E-state index in [1.165, 1.54) is 0 Å². The SMILES string of the molecule is CC(C)[C@H](C)O[C@@H]1OC(=O)[C@@H]2[C@H]1C2(C)C. The Morgan fingerprint density at radius 1 is 1.33 bits per heavy atom. The van der Waals surface area contributed by atoms with E-state index in [1.807, 2.05) is 6.92 Å². The van der Waals surface area contributed by atoms with Crippen molar-refractivity contribution in [3.8, 4) is 0 Å². The third-order valence-electron chi connectivity index (χ3n) is 3.98. The molecule has 1 heterocycles. The van der Waals surface area contributed by atoms with E-state index in [1.54, 1.807) is 0 Å². The molecule has 0 aromatic heterocycles. The Balaban J connectivity index is 1.99. The first kappa shape index (κ1) is 10.9. The molecule has 3 heteroatoms. The average Bonchev–Trinajstić information content (AvgIpc) is 2.47. The lowest BCUT2D eigenvalue weighted by atomic mass is 10.1. The highest BCUT2D eigenvalue weighted by Crippen LogP contribution is 2.64. The summed E-state index contributed by atoms with van der Waals surface area (Å²) in [6.07, 6.45) is -0.173. The standard InChI is InChI=1S/C12H20O3/c1-6(2)7(3)14-11-9-8(10(13)15-11)12(9,4)5/h6-9,11H,1-5H3/t7-,8-,9+,11+/m0/s1. The largest absolute Gasteiger partial charge is 0.435 e. The van der Waals surface area contributed by atoms with Gasteiger partial charge in [-0.2, -0.15) is 0 Å². The molecule has 0 spiro atoms. The summed E-state index contributed by atoms with van der Waals surface area (Å²) < 4.78 is 11.0. The van der Waals surface area contributed by atoms with Crippen LogP contribution in [0.1, 0.15) is 34.6 Å². The van der Waals surface area contributed by atoms with E-state index in [9.17, 15) is 4.79 Å². The zero-order valence-electron chi connectivity index (χ0n) is 10.1. The van der Waals surface area contributed by atoms with Crippen molar-refractivity contribution in [2.45, 2.75) is 47.0 Å². The number of carbonyl (C=O) groups excluding carboxylic acids is 1. The third kappa shape index (κ3) is 1.57. The fraction of sp³-hybridized carbons (Fsp3) is 0.917. The van der Waals surface area contributed by atoms with Crippen molar-refractivity contribution in [2.75, 3.05) is 0 Å². The first-order valence-corrected chi connectivity index (χ1v) is 5.71. The second-order valence-electron chi connectivity index (χ2n) is 5.72. The van der Waals surface area contributed by atoms with Gasteiger partial charge in [-0.3, -0.25) is 4.79 Å². The van der Waals surface area contributed by atoms with Crippen molar-refractivity contribution in [2.24, 2.45) is 23.2 Å². The van der Waals surface area contributed by atoms with Crippen LogP contribution in [0, 0.1) is 23.2 Å². The minimum atomic E-state index is -0.310. The molecular formula is C12H20O3. The minimum Gasteiger partial charge on any atom is -0.435 e. The molecule has 0 N–H and O–H groups in total. The van der Waals surface area contributed by atoms with Crippen molar-refractivity contribution in [1.29, 1.82) is 0 Å². The van der Waals surface area contributed by atoms with E-state index < -0.39 is 0 Å². The molecule has 2 rings (SSSR count). The molecule has 15 heavy (non-hydrogen) atoms. The maximum absolute atomic E-state index is 11.5. The number of ether oxygens (including phenoxy) is 2. The molecule has 0 radical (unpaired) electrons. The average molecular weight is 212 g/mol. The van der Waals surface area contributed by atoms with Crippen molar-refractivity contribution in [3.05, 3.63) is 0 Å². The molecule has 0 bridgehead atoms. The van der Waals surface area contributed by atoms with Crippen LogP contribution in [-0.4, -0.2) is 18.4 Å². The Bertz CT molecular complexity index is 283. The number of fused-ring (bicyclic) bond motifs is 1. The molecule has 1 aliphatic heterocycles. The molecular weight excluding hydrogens is 192 g/mol. The van der Waals surface area contributed by atoms with Gasteiger partial charge in [0.15, 0.2) is 0 Å². The van der Waals surface area contributed by atoms with Gasteiger partial charge in [0.1, 0.15) is 0 Å². The molecule has 2 fully saturated rings. The van der Waals surface area contributed by atoms with Crippen LogP contribution in [0.4, 0.5) is 0 Å². The van der Waals surface area contributed by atoms with Crippen LogP contribution in [0.25, 0.3) is 0 Å². The van der Waals surface area contributed by atoms with Gasteiger partial charge in [-0.05, 0) is 18.3 Å². The predicted octanol–water partition coefficient (Wildman–Crippen LogP) is 2.20. The van der Waals surface area contributed by atoms with Crippen molar-refractivity contribution < 1.29 is 14.3 Å². The number of hydrogen-bond donors (Lipinski definition) is 0. The fourth-order valence-corrected chi connectivity index (χ4v) is 2.38. The van der Waals surface area contributed by atoms with Crippen LogP contribution in [0.5, 0.6) is 0 Å². The zero-order chi connectivity index (χ0) is 11.4. The Kier molecular flexibility index (Phi) is 2.34. The van der Waals surface area contributed by atoms with Crippen molar-refractivity contribution >= 4 is 5.97 Å². The smallest absolute Gasteiger partial charge is 0.312 e. The highest BCUT2D eigenvalue weighted by Gasteiger charge is 2.72.